The summed E-state index contributed by atoms with van der Waals surface area (Å²) in [4.78, 5) is 17.4. The molecule has 0 radical (unpaired) electrons. The molecule has 0 fully saturated rings. The van der Waals surface area contributed by atoms with Crippen molar-refractivity contribution in [3.05, 3.63) is 64.8 Å². The van der Waals surface area contributed by atoms with Gasteiger partial charge in [-0.15, -0.1) is 0 Å². The van der Waals surface area contributed by atoms with Gasteiger partial charge >= 0.3 is 0 Å². The van der Waals surface area contributed by atoms with Crippen LogP contribution in [0.4, 0.5) is 0 Å². The molecular weight excluding hydrogens is 352 g/mol. The summed E-state index contributed by atoms with van der Waals surface area (Å²) in [6.45, 7) is 4.22. The van der Waals surface area contributed by atoms with Crippen molar-refractivity contribution in [3.8, 4) is 0 Å². The van der Waals surface area contributed by atoms with Crippen molar-refractivity contribution >= 4 is 17.3 Å². The topological polar surface area (TPSA) is 75.4 Å². The normalized spacial score (nSPS) is 18.8. The molecule has 3 rings (SSSR count). The molecule has 1 unspecified atom stereocenters. The van der Waals surface area contributed by atoms with Crippen molar-refractivity contribution < 1.29 is 19.5 Å². The number of benzene rings is 1. The van der Waals surface area contributed by atoms with Crippen LogP contribution in [0.2, 0.25) is 0 Å². The zero-order valence-corrected chi connectivity index (χ0v) is 16.9. The second kappa shape index (κ2) is 8.25. The lowest BCUT2D eigenvalue weighted by Gasteiger charge is -2.31. The van der Waals surface area contributed by atoms with Gasteiger partial charge in [-0.05, 0) is 18.1 Å². The van der Waals surface area contributed by atoms with Crippen LogP contribution >= 0.6 is 0 Å². The summed E-state index contributed by atoms with van der Waals surface area (Å²) in [6.07, 6.45) is 7.14. The Morgan fingerprint density at radius 3 is 2.64 bits per heavy atom. The summed E-state index contributed by atoms with van der Waals surface area (Å²) in [7, 11) is 4.28. The third kappa shape index (κ3) is 4.16. The van der Waals surface area contributed by atoms with Crippen LogP contribution in [0.3, 0.4) is 0 Å². The minimum atomic E-state index is -0.357. The first kappa shape index (κ1) is 20.2. The van der Waals surface area contributed by atoms with Gasteiger partial charge in [-0.25, -0.2) is 0 Å². The lowest BCUT2D eigenvalue weighted by atomic mass is 9.81. The second-order valence-electron chi connectivity index (χ2n) is 8.14. The summed E-state index contributed by atoms with van der Waals surface area (Å²) in [5, 5.41) is 21.4. The number of hydrogen-bond acceptors (Lipinski definition) is 3. The van der Waals surface area contributed by atoms with Gasteiger partial charge in [-0.3, -0.25) is 9.79 Å². The summed E-state index contributed by atoms with van der Waals surface area (Å²) >= 11 is 0. The molecule has 0 bridgehead atoms. The Morgan fingerprint density at radius 2 is 1.93 bits per heavy atom. The van der Waals surface area contributed by atoms with E-state index in [1.54, 1.807) is 42.5 Å². The van der Waals surface area contributed by atoms with Crippen LogP contribution in [0.5, 0.6) is 0 Å². The number of aliphatic imine (C=N–C) groups is 1. The van der Waals surface area contributed by atoms with Gasteiger partial charge in [0.05, 0.1) is 26.4 Å². The second-order valence-corrected chi connectivity index (χ2v) is 8.14. The Bertz CT molecular complexity index is 891. The van der Waals surface area contributed by atoms with Gasteiger partial charge in [0.2, 0.25) is 6.10 Å². The van der Waals surface area contributed by atoms with E-state index in [2.05, 4.69) is 26.0 Å². The fourth-order valence-electron chi connectivity index (χ4n) is 3.80. The zero-order valence-electron chi connectivity index (χ0n) is 16.9. The Hall–Kier alpha value is -2.50. The van der Waals surface area contributed by atoms with E-state index in [0.717, 1.165) is 23.9 Å². The summed E-state index contributed by atoms with van der Waals surface area (Å²) in [6, 6.07) is 6.92. The number of carbonyl (C=O) groups is 1. The van der Waals surface area contributed by atoms with Crippen molar-refractivity contribution in [3.63, 3.8) is 0 Å². The Kier molecular flexibility index (Phi) is 5.96. The largest absolute Gasteiger partial charge is 0.872 e. The molecule has 0 amide bonds. The molecule has 1 atom stereocenters. The molecular formula is C23H29N2O3+. The van der Waals surface area contributed by atoms with Crippen molar-refractivity contribution in [2.75, 3.05) is 33.7 Å². The Balaban J connectivity index is 1.83. The number of carbonyl (C=O) groups excluding carboxylic acids is 1. The highest BCUT2D eigenvalue weighted by Crippen LogP contribution is 2.34. The van der Waals surface area contributed by atoms with Crippen LogP contribution in [0.15, 0.2) is 58.6 Å². The molecule has 5 nitrogen and oxygen atoms in total. The summed E-state index contributed by atoms with van der Waals surface area (Å²) in [5.41, 5.74) is 2.18. The smallest absolute Gasteiger partial charge is 0.223 e. The standard InChI is InChI=1S/C23H28N2O3/c1-4-5-13-25(2,3)15-16(26)14-24-20-12-8-11-19-21(20)23(28)18-10-7-6-9-17(18)22(19)27/h6-12,16,26H,4-5,13-15H2,1-3H3/p+1. The van der Waals surface area contributed by atoms with E-state index in [9.17, 15) is 9.90 Å². The van der Waals surface area contributed by atoms with E-state index in [0.29, 0.717) is 41.1 Å². The molecule has 0 aromatic heterocycles. The fourth-order valence-corrected chi connectivity index (χ4v) is 3.80. The SMILES string of the molecule is CCCC[N+](C)(C)CC([OH2+])CN=C1C=CC=C2C(=O)c3ccccc3C([O-])=C21. The van der Waals surface area contributed by atoms with E-state index < -0.39 is 0 Å². The fraction of sp³-hybridized carbons (Fsp3) is 0.391. The zero-order chi connectivity index (χ0) is 20.3. The maximum Gasteiger partial charge on any atom is 0.223 e. The molecule has 0 saturated heterocycles. The van der Waals surface area contributed by atoms with Crippen LogP contribution in [0, 0.1) is 0 Å². The lowest BCUT2D eigenvalue weighted by Crippen LogP contribution is -2.46. The summed E-state index contributed by atoms with van der Waals surface area (Å²) < 4.78 is 0.787. The number of allylic oxidation sites excluding steroid dienone is 5. The van der Waals surface area contributed by atoms with E-state index in [1.165, 1.54) is 0 Å². The van der Waals surface area contributed by atoms with Crippen LogP contribution in [-0.2, 0) is 0 Å². The van der Waals surface area contributed by atoms with Crippen molar-refractivity contribution in [2.24, 2.45) is 4.99 Å². The monoisotopic (exact) mass is 381 g/mol. The van der Waals surface area contributed by atoms with Crippen LogP contribution in [0.25, 0.3) is 5.76 Å². The molecule has 28 heavy (non-hydrogen) atoms. The number of rotatable bonds is 7. The Morgan fingerprint density at radius 1 is 1.21 bits per heavy atom. The van der Waals surface area contributed by atoms with Gasteiger partial charge < -0.3 is 14.7 Å². The first-order chi connectivity index (χ1) is 13.3. The maximum atomic E-state index is 13.0. The third-order valence-corrected chi connectivity index (χ3v) is 5.24. The van der Waals surface area contributed by atoms with Gasteiger partial charge in [0.15, 0.2) is 12.3 Å². The van der Waals surface area contributed by atoms with Gasteiger partial charge in [0.1, 0.15) is 6.54 Å². The van der Waals surface area contributed by atoms with E-state index >= 15 is 0 Å². The van der Waals surface area contributed by atoms with E-state index in [-0.39, 0.29) is 17.6 Å². The molecule has 1 aromatic carbocycles. The number of nitrogens with zero attached hydrogens (tertiary/aromatic N) is 2. The molecule has 2 aliphatic carbocycles. The van der Waals surface area contributed by atoms with Gasteiger partial charge in [-0.2, -0.15) is 0 Å². The molecule has 148 valence electrons. The average molecular weight is 381 g/mol. The number of Topliss-reactive ketones (excluding diaryl/α,β-unsaturated/α-hetero) is 1. The molecule has 0 saturated carbocycles. The highest BCUT2D eigenvalue weighted by molar-refractivity contribution is 6.29. The Labute approximate surface area is 166 Å². The predicted molar refractivity (Wildman–Crippen MR) is 111 cm³/mol. The van der Waals surface area contributed by atoms with Crippen LogP contribution in [0.1, 0.15) is 35.7 Å². The maximum absolute atomic E-state index is 13.0. The molecule has 0 aliphatic heterocycles. The molecule has 0 spiro atoms. The van der Waals surface area contributed by atoms with Crippen molar-refractivity contribution in [2.45, 2.75) is 25.9 Å². The third-order valence-electron chi connectivity index (χ3n) is 5.24. The van der Waals surface area contributed by atoms with Crippen LogP contribution < -0.4 is 5.11 Å². The quantitative estimate of drug-likeness (QED) is 0.534. The number of quaternary nitrogens is 1. The van der Waals surface area contributed by atoms with E-state index in [4.69, 9.17) is 5.11 Å². The van der Waals surface area contributed by atoms with Gasteiger partial charge in [-0.1, -0.05) is 55.5 Å². The van der Waals surface area contributed by atoms with Crippen molar-refractivity contribution in [1.82, 2.24) is 0 Å². The molecule has 0 heterocycles. The molecule has 5 heteroatoms. The highest BCUT2D eigenvalue weighted by Gasteiger charge is 2.29. The molecule has 1 aromatic rings. The molecule has 2 N–H and O–H groups in total. The van der Waals surface area contributed by atoms with Crippen LogP contribution in [-0.4, -0.2) is 60.9 Å². The first-order valence-electron chi connectivity index (χ1n) is 9.86. The first-order valence-corrected chi connectivity index (χ1v) is 9.86. The van der Waals surface area contributed by atoms with Gasteiger partial charge in [0, 0.05) is 16.7 Å². The van der Waals surface area contributed by atoms with E-state index in [1.807, 2.05) is 0 Å². The number of likely N-dealkylation sites (N-methyl/N-ethyl adjacent to an activating group) is 1. The lowest BCUT2D eigenvalue weighted by molar-refractivity contribution is -0.893. The van der Waals surface area contributed by atoms with Crippen molar-refractivity contribution in [1.29, 1.82) is 0 Å². The number of unbranched alkanes of at least 4 members (excludes halogenated alkanes) is 1. The number of hydrogen-bond donors (Lipinski definition) is 0. The number of ketones is 1. The predicted octanol–water partition coefficient (Wildman–Crippen LogP) is 1.86. The number of fused-ring (bicyclic) bond motifs is 2. The summed E-state index contributed by atoms with van der Waals surface area (Å²) in [5.74, 6) is -0.299. The average Bonchev–Trinajstić information content (AvgIpc) is 2.68. The highest BCUT2D eigenvalue weighted by atomic mass is 16.3. The minimum Gasteiger partial charge on any atom is -0.872 e. The van der Waals surface area contributed by atoms with Gasteiger partial charge in [0.25, 0.3) is 0 Å². The molecule has 2 aliphatic rings. The minimum absolute atomic E-state index is 0.137.